The van der Waals surface area contributed by atoms with Crippen molar-refractivity contribution in [3.05, 3.63) is 82.3 Å². The molecule has 0 aliphatic carbocycles. The summed E-state index contributed by atoms with van der Waals surface area (Å²) in [4.78, 5) is 23.7. The average Bonchev–Trinajstić information content (AvgIpc) is 2.52. The number of hydrogen-bond donors (Lipinski definition) is 1. The number of hydrogen-bond acceptors (Lipinski definition) is 2. The maximum Gasteiger partial charge on any atom is 0.251 e. The minimum atomic E-state index is -0.173. The summed E-state index contributed by atoms with van der Waals surface area (Å²) in [6, 6.07) is 16.1. The number of benzene rings is 2. The molecule has 1 N–H and O–H groups in total. The second-order valence-corrected chi connectivity index (χ2v) is 5.27. The molecule has 0 unspecified atom stereocenters. The molecule has 0 aliphatic heterocycles. The molecule has 0 fully saturated rings. The highest BCUT2D eigenvalue weighted by atomic mass is 79.9. The molecule has 0 spiro atoms. The standard InChI is InChI=1S/C17H14BrNO2/c18-15-9-4-8-14(12-15)17(21)19-11-5-10-16(20)13-6-2-1-3-7-13/h1-10,12H,11H2,(H,19,21)/b10-5+. The van der Waals surface area contributed by atoms with E-state index in [9.17, 15) is 9.59 Å². The van der Waals surface area contributed by atoms with Crippen molar-refractivity contribution in [3.8, 4) is 0 Å². The summed E-state index contributed by atoms with van der Waals surface area (Å²) < 4.78 is 0.852. The Labute approximate surface area is 131 Å². The molecule has 0 atom stereocenters. The first kappa shape index (κ1) is 15.2. The number of ketones is 1. The lowest BCUT2D eigenvalue weighted by atomic mass is 10.1. The maximum absolute atomic E-state index is 11.9. The van der Waals surface area contributed by atoms with Gasteiger partial charge in [-0.25, -0.2) is 0 Å². The van der Waals surface area contributed by atoms with Gasteiger partial charge in [0, 0.05) is 22.1 Å². The fourth-order valence-corrected chi connectivity index (χ4v) is 2.15. The Hall–Kier alpha value is -2.20. The van der Waals surface area contributed by atoms with Crippen LogP contribution >= 0.6 is 15.9 Å². The van der Waals surface area contributed by atoms with E-state index in [0.717, 1.165) is 4.47 Å². The van der Waals surface area contributed by atoms with Gasteiger partial charge in [0.15, 0.2) is 5.78 Å². The van der Waals surface area contributed by atoms with Crippen LogP contribution < -0.4 is 5.32 Å². The fraction of sp³-hybridized carbons (Fsp3) is 0.0588. The monoisotopic (exact) mass is 343 g/mol. The Morgan fingerprint density at radius 2 is 1.71 bits per heavy atom. The number of carbonyl (C=O) groups is 2. The van der Waals surface area contributed by atoms with Crippen LogP contribution in [0.5, 0.6) is 0 Å². The molecule has 21 heavy (non-hydrogen) atoms. The van der Waals surface area contributed by atoms with Crippen LogP contribution in [0, 0.1) is 0 Å². The van der Waals surface area contributed by atoms with E-state index in [4.69, 9.17) is 0 Å². The van der Waals surface area contributed by atoms with Crippen molar-refractivity contribution in [2.75, 3.05) is 6.54 Å². The van der Waals surface area contributed by atoms with Gasteiger partial charge in [-0.3, -0.25) is 9.59 Å². The quantitative estimate of drug-likeness (QED) is 0.665. The van der Waals surface area contributed by atoms with Crippen LogP contribution in [0.3, 0.4) is 0 Å². The third-order valence-corrected chi connectivity index (χ3v) is 3.29. The fourth-order valence-electron chi connectivity index (χ4n) is 1.75. The number of carbonyl (C=O) groups excluding carboxylic acids is 2. The first-order valence-corrected chi connectivity index (χ1v) is 7.26. The predicted octanol–water partition coefficient (Wildman–Crippen LogP) is 3.62. The minimum Gasteiger partial charge on any atom is -0.349 e. The number of halogens is 1. The molecule has 0 heterocycles. The normalized spacial score (nSPS) is 10.5. The molecule has 2 aromatic carbocycles. The van der Waals surface area contributed by atoms with E-state index in [1.165, 1.54) is 6.08 Å². The summed E-state index contributed by atoms with van der Waals surface area (Å²) >= 11 is 3.32. The van der Waals surface area contributed by atoms with Crippen LogP contribution in [0.25, 0.3) is 0 Å². The Balaban J connectivity index is 1.85. The zero-order valence-corrected chi connectivity index (χ0v) is 12.8. The lowest BCUT2D eigenvalue weighted by Crippen LogP contribution is -2.23. The molecule has 0 saturated carbocycles. The van der Waals surface area contributed by atoms with Gasteiger partial charge in [-0.05, 0) is 24.3 Å². The molecule has 2 rings (SSSR count). The zero-order valence-electron chi connectivity index (χ0n) is 11.3. The zero-order chi connectivity index (χ0) is 15.1. The highest BCUT2D eigenvalue weighted by molar-refractivity contribution is 9.10. The molecule has 0 saturated heterocycles. The first-order valence-electron chi connectivity index (χ1n) is 6.46. The number of nitrogens with one attached hydrogen (secondary N) is 1. The van der Waals surface area contributed by atoms with Crippen LogP contribution in [-0.2, 0) is 0 Å². The molecule has 1 amide bonds. The van der Waals surface area contributed by atoms with Gasteiger partial charge in [-0.1, -0.05) is 58.4 Å². The SMILES string of the molecule is O=C(/C=C/CNC(=O)c1cccc(Br)c1)c1ccccc1. The van der Waals surface area contributed by atoms with E-state index >= 15 is 0 Å². The van der Waals surface area contributed by atoms with Crippen LogP contribution in [-0.4, -0.2) is 18.2 Å². The molecule has 4 heteroatoms. The summed E-state index contributed by atoms with van der Waals surface area (Å²) in [6.07, 6.45) is 3.11. The molecular weight excluding hydrogens is 330 g/mol. The molecule has 0 aromatic heterocycles. The summed E-state index contributed by atoms with van der Waals surface area (Å²) in [5.41, 5.74) is 1.21. The van der Waals surface area contributed by atoms with Crippen LogP contribution in [0.1, 0.15) is 20.7 Å². The molecule has 0 bridgehead atoms. The van der Waals surface area contributed by atoms with Crippen molar-refractivity contribution in [2.45, 2.75) is 0 Å². The molecule has 0 radical (unpaired) electrons. The molecule has 0 aliphatic rings. The van der Waals surface area contributed by atoms with E-state index in [1.54, 1.807) is 36.4 Å². The van der Waals surface area contributed by atoms with E-state index in [2.05, 4.69) is 21.2 Å². The van der Waals surface area contributed by atoms with Gasteiger partial charge in [0.25, 0.3) is 5.91 Å². The summed E-state index contributed by atoms with van der Waals surface area (Å²) in [5, 5.41) is 2.73. The van der Waals surface area contributed by atoms with Gasteiger partial charge in [0.2, 0.25) is 0 Å². The van der Waals surface area contributed by atoms with Crippen LogP contribution in [0.15, 0.2) is 71.2 Å². The molecular formula is C17H14BrNO2. The largest absolute Gasteiger partial charge is 0.349 e. The first-order chi connectivity index (χ1) is 10.2. The van der Waals surface area contributed by atoms with Gasteiger partial charge >= 0.3 is 0 Å². The lowest BCUT2D eigenvalue weighted by Gasteiger charge is -2.02. The van der Waals surface area contributed by atoms with Gasteiger partial charge in [0.1, 0.15) is 0 Å². The summed E-state index contributed by atoms with van der Waals surface area (Å²) in [6.45, 7) is 0.309. The topological polar surface area (TPSA) is 46.2 Å². The van der Waals surface area contributed by atoms with Gasteiger partial charge in [0.05, 0.1) is 0 Å². The molecule has 3 nitrogen and oxygen atoms in total. The third-order valence-electron chi connectivity index (χ3n) is 2.79. The second kappa shape index (κ2) is 7.55. The van der Waals surface area contributed by atoms with E-state index in [1.807, 2.05) is 24.3 Å². The Kier molecular flexibility index (Phi) is 5.46. The summed E-state index contributed by atoms with van der Waals surface area (Å²) in [5.74, 6) is -0.250. The van der Waals surface area contributed by atoms with E-state index < -0.39 is 0 Å². The minimum absolute atomic E-state index is 0.0766. The van der Waals surface area contributed by atoms with E-state index in [0.29, 0.717) is 17.7 Å². The maximum atomic E-state index is 11.9. The Bertz CT molecular complexity index is 666. The van der Waals surface area contributed by atoms with Crippen molar-refractivity contribution in [3.63, 3.8) is 0 Å². The average molecular weight is 344 g/mol. The Morgan fingerprint density at radius 1 is 1.00 bits per heavy atom. The van der Waals surface area contributed by atoms with Crippen molar-refractivity contribution in [1.82, 2.24) is 5.32 Å². The van der Waals surface area contributed by atoms with Gasteiger partial charge in [-0.15, -0.1) is 0 Å². The van der Waals surface area contributed by atoms with Crippen molar-refractivity contribution < 1.29 is 9.59 Å². The highest BCUT2D eigenvalue weighted by Gasteiger charge is 2.04. The number of amides is 1. The summed E-state index contributed by atoms with van der Waals surface area (Å²) in [7, 11) is 0. The number of rotatable bonds is 5. The van der Waals surface area contributed by atoms with Gasteiger partial charge < -0.3 is 5.32 Å². The van der Waals surface area contributed by atoms with Crippen LogP contribution in [0.4, 0.5) is 0 Å². The van der Waals surface area contributed by atoms with Crippen molar-refractivity contribution >= 4 is 27.6 Å². The second-order valence-electron chi connectivity index (χ2n) is 4.35. The van der Waals surface area contributed by atoms with Crippen molar-refractivity contribution in [1.29, 1.82) is 0 Å². The predicted molar refractivity (Wildman–Crippen MR) is 86.4 cm³/mol. The highest BCUT2D eigenvalue weighted by Crippen LogP contribution is 2.11. The lowest BCUT2D eigenvalue weighted by molar-refractivity contribution is 0.0956. The molecule has 2 aromatic rings. The number of allylic oxidation sites excluding steroid dienone is 1. The smallest absolute Gasteiger partial charge is 0.251 e. The van der Waals surface area contributed by atoms with Crippen molar-refractivity contribution in [2.24, 2.45) is 0 Å². The van der Waals surface area contributed by atoms with Gasteiger partial charge in [-0.2, -0.15) is 0 Å². The Morgan fingerprint density at radius 3 is 2.43 bits per heavy atom. The van der Waals surface area contributed by atoms with E-state index in [-0.39, 0.29) is 11.7 Å². The van der Waals surface area contributed by atoms with Crippen LogP contribution in [0.2, 0.25) is 0 Å². The third kappa shape index (κ3) is 4.68. The molecule has 106 valence electrons.